The fourth-order valence-corrected chi connectivity index (χ4v) is 4.19. The molecule has 0 N–H and O–H groups in total. The molecule has 2 rings (SSSR count). The smallest absolute Gasteiger partial charge is 0.207 e. The lowest BCUT2D eigenvalue weighted by atomic mass is 10.2. The fraction of sp³-hybridized carbons (Fsp3) is 0.455. The molecule has 0 bridgehead atoms. The summed E-state index contributed by atoms with van der Waals surface area (Å²) in [5, 5.41) is 0.621. The quantitative estimate of drug-likeness (QED) is 0.840. The Labute approximate surface area is 111 Å². The number of sulfonamides is 1. The molecule has 0 atom stereocenters. The molecule has 1 aromatic carbocycles. The minimum atomic E-state index is -3.47. The zero-order valence-electron chi connectivity index (χ0n) is 9.20. The van der Waals surface area contributed by atoms with E-state index in [0.29, 0.717) is 18.1 Å². The molecule has 0 amide bonds. The summed E-state index contributed by atoms with van der Waals surface area (Å²) < 4.78 is 26.1. The monoisotopic (exact) mass is 293 g/mol. The van der Waals surface area contributed by atoms with Gasteiger partial charge in [0.1, 0.15) is 4.90 Å². The van der Waals surface area contributed by atoms with Crippen LogP contribution in [0.4, 0.5) is 0 Å². The third kappa shape index (κ3) is 2.76. The second kappa shape index (κ2) is 5.14. The minimum absolute atomic E-state index is 0.144. The predicted octanol–water partition coefficient (Wildman–Crippen LogP) is 3.17. The molecule has 17 heavy (non-hydrogen) atoms. The predicted molar refractivity (Wildman–Crippen MR) is 69.1 cm³/mol. The third-order valence-electron chi connectivity index (χ3n) is 2.83. The lowest BCUT2D eigenvalue weighted by Gasteiger charge is -2.26. The van der Waals surface area contributed by atoms with Gasteiger partial charge in [-0.3, -0.25) is 0 Å². The van der Waals surface area contributed by atoms with E-state index in [2.05, 4.69) is 0 Å². The molecule has 0 radical (unpaired) electrons. The molecule has 1 aromatic rings. The van der Waals surface area contributed by atoms with Crippen LogP contribution in [0, 0.1) is 0 Å². The van der Waals surface area contributed by atoms with Crippen LogP contribution >= 0.6 is 23.2 Å². The summed E-state index contributed by atoms with van der Waals surface area (Å²) in [7, 11) is -3.47. The fourth-order valence-electron chi connectivity index (χ4n) is 1.93. The number of piperidine rings is 1. The first kappa shape index (κ1) is 13.1. The van der Waals surface area contributed by atoms with Crippen LogP contribution in [-0.2, 0) is 10.0 Å². The van der Waals surface area contributed by atoms with E-state index in [4.69, 9.17) is 23.2 Å². The van der Waals surface area contributed by atoms with E-state index < -0.39 is 10.0 Å². The Kier molecular flexibility index (Phi) is 3.98. The summed E-state index contributed by atoms with van der Waals surface area (Å²) in [6, 6.07) is 4.47. The standard InChI is InChI=1S/C11H13Cl2NO2S/c12-9-4-5-11(10(13)8-9)17(15,16)14-6-2-1-3-7-14/h4-5,8H,1-3,6-7H2. The second-order valence-corrected chi connectivity index (χ2v) is 6.79. The molecule has 1 aliphatic heterocycles. The molecule has 6 heteroatoms. The van der Waals surface area contributed by atoms with Crippen molar-refractivity contribution in [3.05, 3.63) is 28.2 Å². The van der Waals surface area contributed by atoms with E-state index in [1.54, 1.807) is 6.07 Å². The summed E-state index contributed by atoms with van der Waals surface area (Å²) >= 11 is 11.7. The first-order valence-corrected chi connectivity index (χ1v) is 7.66. The Bertz CT molecular complexity index is 510. The number of hydrogen-bond acceptors (Lipinski definition) is 2. The minimum Gasteiger partial charge on any atom is -0.207 e. The summed E-state index contributed by atoms with van der Waals surface area (Å²) in [6.45, 7) is 1.14. The van der Waals surface area contributed by atoms with Crippen LogP contribution in [0.15, 0.2) is 23.1 Å². The normalized spacial score (nSPS) is 18.2. The molecule has 1 heterocycles. The molecule has 1 fully saturated rings. The summed E-state index contributed by atoms with van der Waals surface area (Å²) in [5.41, 5.74) is 0. The van der Waals surface area contributed by atoms with Gasteiger partial charge < -0.3 is 0 Å². The van der Waals surface area contributed by atoms with Crippen LogP contribution in [0.3, 0.4) is 0 Å². The van der Waals surface area contributed by atoms with Crippen molar-refractivity contribution < 1.29 is 8.42 Å². The molecule has 1 aliphatic rings. The third-order valence-corrected chi connectivity index (χ3v) is 5.44. The van der Waals surface area contributed by atoms with Gasteiger partial charge in [0, 0.05) is 18.1 Å². The van der Waals surface area contributed by atoms with Crippen molar-refractivity contribution in [1.82, 2.24) is 4.31 Å². The Morgan fingerprint density at radius 2 is 1.71 bits per heavy atom. The Hall–Kier alpha value is -0.290. The zero-order chi connectivity index (χ0) is 12.5. The highest BCUT2D eigenvalue weighted by Crippen LogP contribution is 2.28. The summed E-state index contributed by atoms with van der Waals surface area (Å²) in [6.07, 6.45) is 2.90. The van der Waals surface area contributed by atoms with Gasteiger partial charge in [0.2, 0.25) is 10.0 Å². The molecule has 0 aliphatic carbocycles. The van der Waals surface area contributed by atoms with Crippen molar-refractivity contribution in [1.29, 1.82) is 0 Å². The van der Waals surface area contributed by atoms with E-state index in [1.165, 1.54) is 16.4 Å². The van der Waals surface area contributed by atoms with Crippen LogP contribution in [0.2, 0.25) is 10.0 Å². The highest BCUT2D eigenvalue weighted by Gasteiger charge is 2.27. The van der Waals surface area contributed by atoms with Crippen LogP contribution in [0.25, 0.3) is 0 Å². The zero-order valence-corrected chi connectivity index (χ0v) is 11.5. The van der Waals surface area contributed by atoms with Gasteiger partial charge in [-0.1, -0.05) is 29.6 Å². The molecule has 1 saturated heterocycles. The Morgan fingerprint density at radius 3 is 2.29 bits per heavy atom. The molecular formula is C11H13Cl2NO2S. The van der Waals surface area contributed by atoms with Gasteiger partial charge in [0.05, 0.1) is 5.02 Å². The maximum Gasteiger partial charge on any atom is 0.244 e. The first-order chi connectivity index (χ1) is 8.01. The van der Waals surface area contributed by atoms with Crippen molar-refractivity contribution in [2.45, 2.75) is 24.2 Å². The summed E-state index contributed by atoms with van der Waals surface area (Å²) in [4.78, 5) is 0.144. The van der Waals surface area contributed by atoms with Gasteiger partial charge in [0.25, 0.3) is 0 Å². The molecule has 3 nitrogen and oxygen atoms in total. The number of halogens is 2. The number of nitrogens with zero attached hydrogens (tertiary/aromatic N) is 1. The van der Waals surface area contributed by atoms with Crippen molar-refractivity contribution in [2.24, 2.45) is 0 Å². The molecule has 0 aromatic heterocycles. The van der Waals surface area contributed by atoms with Gasteiger partial charge in [-0.15, -0.1) is 0 Å². The van der Waals surface area contributed by atoms with E-state index >= 15 is 0 Å². The Morgan fingerprint density at radius 1 is 1.06 bits per heavy atom. The van der Waals surface area contributed by atoms with E-state index in [0.717, 1.165) is 19.3 Å². The van der Waals surface area contributed by atoms with Crippen molar-refractivity contribution >= 4 is 33.2 Å². The molecule has 0 unspecified atom stereocenters. The number of benzene rings is 1. The highest BCUT2D eigenvalue weighted by molar-refractivity contribution is 7.89. The molecular weight excluding hydrogens is 281 g/mol. The SMILES string of the molecule is O=S(=O)(c1ccc(Cl)cc1Cl)N1CCCCC1. The average Bonchev–Trinajstić information content (AvgIpc) is 2.29. The second-order valence-electron chi connectivity index (χ2n) is 4.04. The van der Waals surface area contributed by atoms with Gasteiger partial charge in [-0.05, 0) is 31.0 Å². The lowest BCUT2D eigenvalue weighted by Crippen LogP contribution is -2.35. The lowest BCUT2D eigenvalue weighted by molar-refractivity contribution is 0.346. The van der Waals surface area contributed by atoms with Crippen LogP contribution < -0.4 is 0 Å². The number of rotatable bonds is 2. The average molecular weight is 294 g/mol. The van der Waals surface area contributed by atoms with Crippen LogP contribution in [-0.4, -0.2) is 25.8 Å². The van der Waals surface area contributed by atoms with Crippen molar-refractivity contribution in [3.63, 3.8) is 0 Å². The van der Waals surface area contributed by atoms with Crippen LogP contribution in [0.5, 0.6) is 0 Å². The summed E-state index contributed by atoms with van der Waals surface area (Å²) in [5.74, 6) is 0. The van der Waals surface area contributed by atoms with E-state index in [9.17, 15) is 8.42 Å². The number of hydrogen-bond donors (Lipinski definition) is 0. The van der Waals surface area contributed by atoms with Gasteiger partial charge in [0.15, 0.2) is 0 Å². The largest absolute Gasteiger partial charge is 0.244 e. The van der Waals surface area contributed by atoms with Gasteiger partial charge in [-0.25, -0.2) is 8.42 Å². The van der Waals surface area contributed by atoms with Crippen LogP contribution in [0.1, 0.15) is 19.3 Å². The molecule has 0 saturated carbocycles. The van der Waals surface area contributed by atoms with E-state index in [-0.39, 0.29) is 9.92 Å². The molecule has 0 spiro atoms. The first-order valence-electron chi connectivity index (χ1n) is 5.47. The van der Waals surface area contributed by atoms with Crippen molar-refractivity contribution in [2.75, 3.05) is 13.1 Å². The van der Waals surface area contributed by atoms with Gasteiger partial charge in [-0.2, -0.15) is 4.31 Å². The van der Waals surface area contributed by atoms with Crippen molar-refractivity contribution in [3.8, 4) is 0 Å². The molecule has 94 valence electrons. The maximum absolute atomic E-state index is 12.3. The topological polar surface area (TPSA) is 37.4 Å². The maximum atomic E-state index is 12.3. The van der Waals surface area contributed by atoms with Gasteiger partial charge >= 0.3 is 0 Å². The Balaban J connectivity index is 2.37. The van der Waals surface area contributed by atoms with E-state index in [1.807, 2.05) is 0 Å². The highest BCUT2D eigenvalue weighted by atomic mass is 35.5.